The summed E-state index contributed by atoms with van der Waals surface area (Å²) in [6.45, 7) is 7.01. The number of hydrogen-bond donors (Lipinski definition) is 2. The van der Waals surface area contributed by atoms with Gasteiger partial charge >= 0.3 is 0 Å². The highest BCUT2D eigenvalue weighted by Crippen LogP contribution is 2.20. The second kappa shape index (κ2) is 5.49. The molecule has 0 spiro atoms. The summed E-state index contributed by atoms with van der Waals surface area (Å²) in [4.78, 5) is 8.53. The molecule has 0 fully saturated rings. The third-order valence-electron chi connectivity index (χ3n) is 2.64. The quantitative estimate of drug-likeness (QED) is 0.864. The summed E-state index contributed by atoms with van der Waals surface area (Å²) >= 11 is 0. The van der Waals surface area contributed by atoms with E-state index in [0.29, 0.717) is 5.95 Å². The van der Waals surface area contributed by atoms with Crippen LogP contribution in [0.15, 0.2) is 30.5 Å². The molecule has 0 bridgehead atoms. The third-order valence-corrected chi connectivity index (χ3v) is 2.64. The Balaban J connectivity index is 2.20. The molecular weight excluding hydrogens is 224 g/mol. The molecule has 0 saturated heterocycles. The van der Waals surface area contributed by atoms with Crippen molar-refractivity contribution in [1.29, 1.82) is 0 Å². The zero-order valence-corrected chi connectivity index (χ0v) is 11.0. The fourth-order valence-electron chi connectivity index (χ4n) is 1.76. The van der Waals surface area contributed by atoms with Gasteiger partial charge < -0.3 is 10.6 Å². The van der Waals surface area contributed by atoms with Crippen LogP contribution in [0.25, 0.3) is 0 Å². The van der Waals surface area contributed by atoms with Crippen LogP contribution >= 0.6 is 0 Å². The summed E-state index contributed by atoms with van der Waals surface area (Å²) in [5, 5.41) is 6.40. The Hall–Kier alpha value is -2.10. The van der Waals surface area contributed by atoms with E-state index in [1.54, 1.807) is 6.20 Å². The molecule has 2 aromatic rings. The second-order valence-electron chi connectivity index (χ2n) is 4.24. The van der Waals surface area contributed by atoms with Crippen molar-refractivity contribution in [1.82, 2.24) is 9.97 Å². The van der Waals surface area contributed by atoms with E-state index in [1.165, 1.54) is 11.1 Å². The molecule has 1 heterocycles. The number of nitrogens with one attached hydrogen (secondary N) is 2. The molecule has 0 amide bonds. The van der Waals surface area contributed by atoms with Gasteiger partial charge in [-0.15, -0.1) is 0 Å². The highest BCUT2D eigenvalue weighted by Gasteiger charge is 2.01. The molecule has 4 nitrogen and oxygen atoms in total. The number of aryl methyl sites for hydroxylation is 2. The highest BCUT2D eigenvalue weighted by atomic mass is 15.1. The second-order valence-corrected chi connectivity index (χ2v) is 4.24. The molecule has 2 rings (SSSR count). The van der Waals surface area contributed by atoms with Crippen LogP contribution < -0.4 is 10.6 Å². The molecule has 1 aromatic carbocycles. The number of anilines is 3. The van der Waals surface area contributed by atoms with Crippen LogP contribution in [0.4, 0.5) is 17.5 Å². The maximum absolute atomic E-state index is 4.39. The van der Waals surface area contributed by atoms with Gasteiger partial charge in [0.15, 0.2) is 0 Å². The molecule has 1 aromatic heterocycles. The van der Waals surface area contributed by atoms with Gasteiger partial charge in [-0.25, -0.2) is 4.98 Å². The van der Waals surface area contributed by atoms with E-state index in [0.717, 1.165) is 18.1 Å². The number of benzene rings is 1. The van der Waals surface area contributed by atoms with Gasteiger partial charge in [-0.3, -0.25) is 0 Å². The van der Waals surface area contributed by atoms with Crippen molar-refractivity contribution in [2.45, 2.75) is 20.8 Å². The van der Waals surface area contributed by atoms with Crippen LogP contribution in [0.5, 0.6) is 0 Å². The van der Waals surface area contributed by atoms with Crippen LogP contribution in [0.3, 0.4) is 0 Å². The fraction of sp³-hybridized carbons (Fsp3) is 0.286. The number of nitrogens with zero attached hydrogens (tertiary/aromatic N) is 2. The van der Waals surface area contributed by atoms with Crippen LogP contribution in [0, 0.1) is 13.8 Å². The van der Waals surface area contributed by atoms with Gasteiger partial charge in [0.2, 0.25) is 5.95 Å². The normalized spacial score (nSPS) is 10.2. The van der Waals surface area contributed by atoms with Gasteiger partial charge in [-0.2, -0.15) is 4.98 Å². The third kappa shape index (κ3) is 2.97. The average Bonchev–Trinajstić information content (AvgIpc) is 2.34. The minimum atomic E-state index is 0.646. The molecule has 94 valence electrons. The molecule has 0 radical (unpaired) electrons. The molecule has 0 aliphatic heterocycles. The SMILES string of the molecule is CCNc1nccc(Nc2ccc(C)cc2C)n1. The molecule has 2 N–H and O–H groups in total. The first kappa shape index (κ1) is 12.4. The number of hydrogen-bond acceptors (Lipinski definition) is 4. The summed E-state index contributed by atoms with van der Waals surface area (Å²) in [6, 6.07) is 8.16. The Morgan fingerprint density at radius 3 is 2.72 bits per heavy atom. The predicted molar refractivity (Wildman–Crippen MR) is 75.4 cm³/mol. The molecule has 0 saturated carbocycles. The van der Waals surface area contributed by atoms with E-state index in [-0.39, 0.29) is 0 Å². The van der Waals surface area contributed by atoms with E-state index in [9.17, 15) is 0 Å². The predicted octanol–water partition coefficient (Wildman–Crippen LogP) is 3.27. The zero-order valence-electron chi connectivity index (χ0n) is 11.0. The smallest absolute Gasteiger partial charge is 0.224 e. The van der Waals surface area contributed by atoms with Crippen molar-refractivity contribution < 1.29 is 0 Å². The van der Waals surface area contributed by atoms with Gasteiger partial charge in [0, 0.05) is 18.4 Å². The fourth-order valence-corrected chi connectivity index (χ4v) is 1.76. The van der Waals surface area contributed by atoms with Crippen LogP contribution in [-0.4, -0.2) is 16.5 Å². The van der Waals surface area contributed by atoms with Crippen LogP contribution in [0.1, 0.15) is 18.1 Å². The van der Waals surface area contributed by atoms with E-state index >= 15 is 0 Å². The Labute approximate surface area is 107 Å². The monoisotopic (exact) mass is 242 g/mol. The number of rotatable bonds is 4. The Morgan fingerprint density at radius 1 is 1.17 bits per heavy atom. The lowest BCUT2D eigenvalue weighted by molar-refractivity contribution is 1.09. The van der Waals surface area contributed by atoms with Crippen molar-refractivity contribution in [2.24, 2.45) is 0 Å². The lowest BCUT2D eigenvalue weighted by Gasteiger charge is -2.10. The molecule has 18 heavy (non-hydrogen) atoms. The van der Waals surface area contributed by atoms with Crippen molar-refractivity contribution >= 4 is 17.5 Å². The molecular formula is C14H18N4. The summed E-state index contributed by atoms with van der Waals surface area (Å²) in [5.74, 6) is 1.44. The minimum Gasteiger partial charge on any atom is -0.354 e. The summed E-state index contributed by atoms with van der Waals surface area (Å²) in [5.41, 5.74) is 3.54. The van der Waals surface area contributed by atoms with Crippen molar-refractivity contribution in [3.8, 4) is 0 Å². The Morgan fingerprint density at radius 2 is 2.00 bits per heavy atom. The summed E-state index contributed by atoms with van der Waals surface area (Å²) < 4.78 is 0. The molecule has 0 aliphatic rings. The topological polar surface area (TPSA) is 49.8 Å². The van der Waals surface area contributed by atoms with Gasteiger partial charge in [0.1, 0.15) is 5.82 Å². The first-order valence-electron chi connectivity index (χ1n) is 6.10. The largest absolute Gasteiger partial charge is 0.354 e. The van der Waals surface area contributed by atoms with Crippen molar-refractivity contribution in [2.75, 3.05) is 17.2 Å². The first-order chi connectivity index (χ1) is 8.69. The molecule has 4 heteroatoms. The maximum atomic E-state index is 4.39. The summed E-state index contributed by atoms with van der Waals surface area (Å²) in [7, 11) is 0. The number of aromatic nitrogens is 2. The molecule has 0 atom stereocenters. The zero-order chi connectivity index (χ0) is 13.0. The van der Waals surface area contributed by atoms with E-state index in [2.05, 4.69) is 52.6 Å². The van der Waals surface area contributed by atoms with E-state index in [1.807, 2.05) is 13.0 Å². The van der Waals surface area contributed by atoms with Gasteiger partial charge in [0.25, 0.3) is 0 Å². The maximum Gasteiger partial charge on any atom is 0.224 e. The molecule has 0 unspecified atom stereocenters. The van der Waals surface area contributed by atoms with Crippen LogP contribution in [0.2, 0.25) is 0 Å². The summed E-state index contributed by atoms with van der Waals surface area (Å²) in [6.07, 6.45) is 1.75. The van der Waals surface area contributed by atoms with Crippen molar-refractivity contribution in [3.63, 3.8) is 0 Å². The molecule has 0 aliphatic carbocycles. The first-order valence-corrected chi connectivity index (χ1v) is 6.10. The average molecular weight is 242 g/mol. The Kier molecular flexibility index (Phi) is 3.77. The van der Waals surface area contributed by atoms with E-state index in [4.69, 9.17) is 0 Å². The highest BCUT2D eigenvalue weighted by molar-refractivity contribution is 5.61. The standard InChI is InChI=1S/C14H18N4/c1-4-15-14-16-8-7-13(18-14)17-12-6-5-10(2)9-11(12)3/h5-9H,4H2,1-3H3,(H2,15,16,17,18). The van der Waals surface area contributed by atoms with Gasteiger partial charge in [-0.1, -0.05) is 17.7 Å². The van der Waals surface area contributed by atoms with Crippen LogP contribution in [-0.2, 0) is 0 Å². The van der Waals surface area contributed by atoms with Crippen molar-refractivity contribution in [3.05, 3.63) is 41.6 Å². The van der Waals surface area contributed by atoms with Gasteiger partial charge in [-0.05, 0) is 38.5 Å². The lowest BCUT2D eigenvalue weighted by atomic mass is 10.1. The van der Waals surface area contributed by atoms with E-state index < -0.39 is 0 Å². The minimum absolute atomic E-state index is 0.646. The lowest BCUT2D eigenvalue weighted by Crippen LogP contribution is -2.04. The Bertz CT molecular complexity index is 537. The van der Waals surface area contributed by atoms with Gasteiger partial charge in [0.05, 0.1) is 0 Å².